The number of hydrogen-bond donors (Lipinski definition) is 0. The van der Waals surface area contributed by atoms with Crippen LogP contribution in [0.3, 0.4) is 0 Å². The van der Waals surface area contributed by atoms with Crippen LogP contribution in [-0.2, 0) is 0 Å². The molecule has 0 atom stereocenters. The topological polar surface area (TPSA) is 0 Å². The summed E-state index contributed by atoms with van der Waals surface area (Å²) in [5, 5.41) is 0. The molecular weight excluding hydrogens is 156 g/mol. The van der Waals surface area contributed by atoms with E-state index in [1.54, 1.807) is 0 Å². The van der Waals surface area contributed by atoms with Crippen LogP contribution in [0.15, 0.2) is 30.4 Å². The van der Waals surface area contributed by atoms with Gasteiger partial charge in [0, 0.05) is 0 Å². The van der Waals surface area contributed by atoms with Crippen LogP contribution in [0.4, 0.5) is 0 Å². The molecule has 0 fully saturated rings. The lowest BCUT2D eigenvalue weighted by molar-refractivity contribution is 0.751. The van der Waals surface area contributed by atoms with Crippen molar-refractivity contribution in [2.75, 3.05) is 0 Å². The van der Waals surface area contributed by atoms with Gasteiger partial charge >= 0.3 is 0 Å². The SMILES string of the molecule is [C]1=C/C/C=C/CC/C=C/CCCC/1. The maximum absolute atomic E-state index is 3.32. The van der Waals surface area contributed by atoms with Gasteiger partial charge in [-0.05, 0) is 51.0 Å². The van der Waals surface area contributed by atoms with Gasteiger partial charge in [-0.2, -0.15) is 0 Å². The van der Waals surface area contributed by atoms with E-state index in [4.69, 9.17) is 0 Å². The zero-order valence-electron chi connectivity index (χ0n) is 8.34. The zero-order valence-corrected chi connectivity index (χ0v) is 8.34. The number of allylic oxidation sites excluding steroid dienone is 6. The van der Waals surface area contributed by atoms with Gasteiger partial charge in [0.2, 0.25) is 0 Å². The molecule has 0 aromatic carbocycles. The van der Waals surface area contributed by atoms with Crippen LogP contribution < -0.4 is 0 Å². The lowest BCUT2D eigenvalue weighted by atomic mass is 10.1. The Balaban J connectivity index is 2.28. The average Bonchev–Trinajstić information content (AvgIpc) is 2.18. The summed E-state index contributed by atoms with van der Waals surface area (Å²) in [5.41, 5.74) is 0. The smallest absolute Gasteiger partial charge is 0.0163 e. The van der Waals surface area contributed by atoms with Gasteiger partial charge in [0.15, 0.2) is 0 Å². The predicted octanol–water partition coefficient (Wildman–Crippen LogP) is 4.20. The first-order chi connectivity index (χ1) is 6.50. The Morgan fingerprint density at radius 1 is 0.769 bits per heavy atom. The Hall–Kier alpha value is -0.780. The first-order valence-corrected chi connectivity index (χ1v) is 5.35. The molecule has 0 saturated carbocycles. The highest BCUT2D eigenvalue weighted by Crippen LogP contribution is 2.04. The molecule has 0 N–H and O–H groups in total. The molecule has 1 rings (SSSR count). The molecule has 0 saturated heterocycles. The Bertz CT molecular complexity index is 184. The van der Waals surface area contributed by atoms with Crippen LogP contribution in [0.2, 0.25) is 0 Å². The van der Waals surface area contributed by atoms with Crippen molar-refractivity contribution in [3.8, 4) is 0 Å². The summed E-state index contributed by atoms with van der Waals surface area (Å²) in [6, 6.07) is 0. The molecular formula is C13H19. The van der Waals surface area contributed by atoms with Gasteiger partial charge in [-0.15, -0.1) is 0 Å². The Morgan fingerprint density at radius 2 is 1.54 bits per heavy atom. The van der Waals surface area contributed by atoms with Crippen LogP contribution in [0.1, 0.15) is 44.9 Å². The fourth-order valence-corrected chi connectivity index (χ4v) is 1.38. The van der Waals surface area contributed by atoms with Crippen molar-refractivity contribution in [2.24, 2.45) is 0 Å². The summed E-state index contributed by atoms with van der Waals surface area (Å²) in [5.74, 6) is 0. The molecule has 0 aliphatic heterocycles. The third-order valence-corrected chi connectivity index (χ3v) is 2.17. The molecule has 0 unspecified atom stereocenters. The number of hydrogen-bond acceptors (Lipinski definition) is 0. The first kappa shape index (κ1) is 10.3. The molecule has 0 aromatic heterocycles. The monoisotopic (exact) mass is 175 g/mol. The summed E-state index contributed by atoms with van der Waals surface area (Å²) in [6.07, 6.45) is 23.0. The second-order valence-corrected chi connectivity index (χ2v) is 3.41. The second kappa shape index (κ2) is 7.85. The molecule has 0 heterocycles. The maximum Gasteiger partial charge on any atom is -0.0163 e. The van der Waals surface area contributed by atoms with E-state index in [9.17, 15) is 0 Å². The minimum absolute atomic E-state index is 1.06. The Labute approximate surface area is 82.0 Å². The van der Waals surface area contributed by atoms with Crippen LogP contribution >= 0.6 is 0 Å². The second-order valence-electron chi connectivity index (χ2n) is 3.41. The summed E-state index contributed by atoms with van der Waals surface area (Å²) >= 11 is 0. The predicted molar refractivity (Wildman–Crippen MR) is 58.4 cm³/mol. The standard InChI is InChI=1S/C13H19/c1-2-4-6-8-10-12-13-11-9-7-5-3-1/h1-2,5,8,10H,3-4,6,9,11-13H2/b2-1+,7-5?,10-8+. The van der Waals surface area contributed by atoms with Crippen LogP contribution in [0.25, 0.3) is 0 Å². The Morgan fingerprint density at radius 3 is 2.46 bits per heavy atom. The number of rotatable bonds is 0. The van der Waals surface area contributed by atoms with Crippen molar-refractivity contribution >= 4 is 0 Å². The molecule has 0 nitrogen and oxygen atoms in total. The highest BCUT2D eigenvalue weighted by atomic mass is 13.9. The van der Waals surface area contributed by atoms with E-state index >= 15 is 0 Å². The van der Waals surface area contributed by atoms with E-state index < -0.39 is 0 Å². The summed E-state index contributed by atoms with van der Waals surface area (Å²) in [6.45, 7) is 0. The summed E-state index contributed by atoms with van der Waals surface area (Å²) in [4.78, 5) is 0. The third-order valence-electron chi connectivity index (χ3n) is 2.17. The van der Waals surface area contributed by atoms with Gasteiger partial charge in [0.05, 0.1) is 0 Å². The average molecular weight is 175 g/mol. The van der Waals surface area contributed by atoms with E-state index in [1.807, 2.05) is 0 Å². The van der Waals surface area contributed by atoms with Gasteiger partial charge < -0.3 is 0 Å². The molecule has 1 aliphatic carbocycles. The fourth-order valence-electron chi connectivity index (χ4n) is 1.38. The van der Waals surface area contributed by atoms with Crippen LogP contribution in [0.5, 0.6) is 0 Å². The Kier molecular flexibility index (Phi) is 6.22. The quantitative estimate of drug-likeness (QED) is 0.484. The normalized spacial score (nSPS) is 27.7. The summed E-state index contributed by atoms with van der Waals surface area (Å²) in [7, 11) is 0. The molecule has 0 bridgehead atoms. The van der Waals surface area contributed by atoms with Crippen molar-refractivity contribution < 1.29 is 0 Å². The molecule has 0 heteroatoms. The molecule has 0 spiro atoms. The van der Waals surface area contributed by atoms with Crippen LogP contribution in [-0.4, -0.2) is 0 Å². The molecule has 1 radical (unpaired) electrons. The molecule has 0 aromatic rings. The highest BCUT2D eigenvalue weighted by molar-refractivity contribution is 4.92. The van der Waals surface area contributed by atoms with Gasteiger partial charge in [-0.3, -0.25) is 0 Å². The van der Waals surface area contributed by atoms with E-state index in [-0.39, 0.29) is 0 Å². The molecule has 0 amide bonds. The molecule has 13 heavy (non-hydrogen) atoms. The minimum Gasteiger partial charge on any atom is -0.0885 e. The minimum atomic E-state index is 1.06. The van der Waals surface area contributed by atoms with Gasteiger partial charge in [0.1, 0.15) is 0 Å². The van der Waals surface area contributed by atoms with Gasteiger partial charge in [-0.25, -0.2) is 0 Å². The van der Waals surface area contributed by atoms with Gasteiger partial charge in [0.25, 0.3) is 0 Å². The first-order valence-electron chi connectivity index (χ1n) is 5.35. The maximum atomic E-state index is 3.32. The largest absolute Gasteiger partial charge is 0.0885 e. The van der Waals surface area contributed by atoms with E-state index in [0.29, 0.717) is 0 Å². The lowest BCUT2D eigenvalue weighted by Gasteiger charge is -1.91. The van der Waals surface area contributed by atoms with E-state index in [1.165, 1.54) is 32.1 Å². The van der Waals surface area contributed by atoms with Gasteiger partial charge in [-0.1, -0.05) is 30.4 Å². The molecule has 71 valence electrons. The van der Waals surface area contributed by atoms with Crippen molar-refractivity contribution in [1.82, 2.24) is 0 Å². The summed E-state index contributed by atoms with van der Waals surface area (Å²) < 4.78 is 0. The van der Waals surface area contributed by atoms with E-state index in [0.717, 1.165) is 12.8 Å². The van der Waals surface area contributed by atoms with Crippen LogP contribution in [0, 0.1) is 6.08 Å². The lowest BCUT2D eigenvalue weighted by Crippen LogP contribution is -1.72. The van der Waals surface area contributed by atoms with Crippen molar-refractivity contribution in [1.29, 1.82) is 0 Å². The van der Waals surface area contributed by atoms with Crippen molar-refractivity contribution in [3.63, 3.8) is 0 Å². The fraction of sp³-hybridized carbons (Fsp3) is 0.538. The van der Waals surface area contributed by atoms with Crippen molar-refractivity contribution in [3.05, 3.63) is 36.5 Å². The zero-order chi connectivity index (χ0) is 9.19. The molecule has 1 aliphatic rings. The van der Waals surface area contributed by atoms with Crippen molar-refractivity contribution in [2.45, 2.75) is 44.9 Å². The third kappa shape index (κ3) is 6.39. The highest BCUT2D eigenvalue weighted by Gasteiger charge is 1.85. The van der Waals surface area contributed by atoms with E-state index in [2.05, 4.69) is 36.5 Å².